The fraction of sp³-hybridized carbons (Fsp3) is 0.278. The Balaban J connectivity index is 1.91. The highest BCUT2D eigenvalue weighted by atomic mass is 16.3. The van der Waals surface area contributed by atoms with E-state index in [0.29, 0.717) is 24.8 Å². The van der Waals surface area contributed by atoms with Gasteiger partial charge in [0.1, 0.15) is 5.75 Å². The smallest absolute Gasteiger partial charge is 0.240 e. The van der Waals surface area contributed by atoms with Crippen LogP contribution in [-0.2, 0) is 17.6 Å². The molecule has 6 nitrogen and oxygen atoms in total. The second-order valence-corrected chi connectivity index (χ2v) is 5.55. The summed E-state index contributed by atoms with van der Waals surface area (Å²) < 4.78 is 0. The number of hydrogen-bond acceptors (Lipinski definition) is 4. The van der Waals surface area contributed by atoms with Crippen molar-refractivity contribution in [2.24, 2.45) is 5.10 Å². The Morgan fingerprint density at radius 3 is 2.92 bits per heavy atom. The van der Waals surface area contributed by atoms with E-state index in [1.54, 1.807) is 12.1 Å². The van der Waals surface area contributed by atoms with Crippen LogP contribution in [0.3, 0.4) is 0 Å². The highest BCUT2D eigenvalue weighted by Crippen LogP contribution is 2.21. The molecule has 1 amide bonds. The van der Waals surface area contributed by atoms with E-state index in [9.17, 15) is 9.90 Å². The summed E-state index contributed by atoms with van der Waals surface area (Å²) in [7, 11) is 0. The van der Waals surface area contributed by atoms with Crippen molar-refractivity contribution in [3.63, 3.8) is 0 Å². The van der Waals surface area contributed by atoms with Gasteiger partial charge in [0.05, 0.1) is 11.9 Å². The molecule has 0 fully saturated rings. The van der Waals surface area contributed by atoms with E-state index in [4.69, 9.17) is 0 Å². The fourth-order valence-electron chi connectivity index (χ4n) is 2.45. The van der Waals surface area contributed by atoms with E-state index < -0.39 is 0 Å². The first kappa shape index (κ1) is 17.5. The number of benzene rings is 1. The number of amides is 1. The van der Waals surface area contributed by atoms with Crippen LogP contribution in [-0.4, -0.2) is 27.4 Å². The normalized spacial score (nSPS) is 10.9. The zero-order chi connectivity index (χ0) is 17.5. The van der Waals surface area contributed by atoms with E-state index >= 15 is 0 Å². The number of hydrazone groups is 1. The van der Waals surface area contributed by atoms with Gasteiger partial charge in [-0.05, 0) is 43.9 Å². The number of carbonyl (C=O) groups is 1. The molecule has 0 bridgehead atoms. The van der Waals surface area contributed by atoms with Gasteiger partial charge in [-0.3, -0.25) is 9.89 Å². The van der Waals surface area contributed by atoms with Gasteiger partial charge in [-0.1, -0.05) is 18.2 Å². The molecule has 2 aromatic rings. The molecule has 1 aromatic heterocycles. The number of H-pyrrole nitrogens is 1. The van der Waals surface area contributed by atoms with Crippen molar-refractivity contribution in [3.05, 3.63) is 58.9 Å². The Bertz CT molecular complexity index is 743. The van der Waals surface area contributed by atoms with Crippen molar-refractivity contribution in [3.8, 4) is 5.75 Å². The molecule has 1 aromatic carbocycles. The molecule has 0 aliphatic carbocycles. The molecule has 6 heteroatoms. The SMILES string of the molecule is C=CCc1cccc(/C=N\NC(=O)CCc2c(C)n[nH]c2C)c1O. The number of rotatable bonds is 7. The Kier molecular flexibility index (Phi) is 5.89. The number of aryl methyl sites for hydroxylation is 2. The quantitative estimate of drug-likeness (QED) is 0.415. The summed E-state index contributed by atoms with van der Waals surface area (Å²) in [4.78, 5) is 11.9. The summed E-state index contributed by atoms with van der Waals surface area (Å²) in [5.41, 5.74) is 6.75. The molecule has 0 saturated heterocycles. The number of aromatic nitrogens is 2. The molecule has 0 atom stereocenters. The minimum atomic E-state index is -0.187. The summed E-state index contributed by atoms with van der Waals surface area (Å²) in [5, 5.41) is 21.0. The van der Waals surface area contributed by atoms with E-state index in [0.717, 1.165) is 22.5 Å². The molecular weight excluding hydrogens is 304 g/mol. The van der Waals surface area contributed by atoms with Crippen LogP contribution in [0.2, 0.25) is 0 Å². The molecule has 0 unspecified atom stereocenters. The molecule has 0 radical (unpaired) electrons. The van der Waals surface area contributed by atoms with Gasteiger partial charge in [0.25, 0.3) is 0 Å². The summed E-state index contributed by atoms with van der Waals surface area (Å²) in [5.74, 6) is -0.0342. The topological polar surface area (TPSA) is 90.4 Å². The Hall–Kier alpha value is -2.89. The van der Waals surface area contributed by atoms with Gasteiger partial charge >= 0.3 is 0 Å². The lowest BCUT2D eigenvalue weighted by atomic mass is 10.1. The predicted molar refractivity (Wildman–Crippen MR) is 94.1 cm³/mol. The number of nitrogens with one attached hydrogen (secondary N) is 2. The summed E-state index contributed by atoms with van der Waals surface area (Å²) >= 11 is 0. The highest BCUT2D eigenvalue weighted by molar-refractivity contribution is 5.85. The molecule has 0 aliphatic rings. The Morgan fingerprint density at radius 2 is 2.25 bits per heavy atom. The van der Waals surface area contributed by atoms with Crippen LogP contribution >= 0.6 is 0 Å². The maximum absolute atomic E-state index is 11.9. The number of phenols is 1. The van der Waals surface area contributed by atoms with Crippen molar-refractivity contribution >= 4 is 12.1 Å². The minimum absolute atomic E-state index is 0.153. The zero-order valence-electron chi connectivity index (χ0n) is 14.0. The Morgan fingerprint density at radius 1 is 1.46 bits per heavy atom. The number of allylic oxidation sites excluding steroid dienone is 1. The van der Waals surface area contributed by atoms with Crippen LogP contribution in [0.4, 0.5) is 0 Å². The maximum Gasteiger partial charge on any atom is 0.240 e. The lowest BCUT2D eigenvalue weighted by Crippen LogP contribution is -2.18. The third-order valence-electron chi connectivity index (χ3n) is 3.79. The first-order chi connectivity index (χ1) is 11.5. The largest absolute Gasteiger partial charge is 0.507 e. The average molecular weight is 326 g/mol. The minimum Gasteiger partial charge on any atom is -0.507 e. The van der Waals surface area contributed by atoms with Crippen molar-refractivity contribution in [2.75, 3.05) is 0 Å². The van der Waals surface area contributed by atoms with Gasteiger partial charge in [-0.2, -0.15) is 10.2 Å². The molecule has 24 heavy (non-hydrogen) atoms. The third-order valence-corrected chi connectivity index (χ3v) is 3.79. The molecule has 126 valence electrons. The van der Waals surface area contributed by atoms with Crippen LogP contribution in [0.25, 0.3) is 0 Å². The second-order valence-electron chi connectivity index (χ2n) is 5.55. The molecule has 0 spiro atoms. The second kappa shape index (κ2) is 8.10. The van der Waals surface area contributed by atoms with Crippen molar-refractivity contribution < 1.29 is 9.90 Å². The van der Waals surface area contributed by atoms with E-state index in [2.05, 4.69) is 27.3 Å². The first-order valence-electron chi connectivity index (χ1n) is 7.77. The molecule has 0 saturated carbocycles. The number of nitrogens with zero attached hydrogens (tertiary/aromatic N) is 2. The van der Waals surface area contributed by atoms with Gasteiger partial charge in [0, 0.05) is 17.7 Å². The number of carbonyl (C=O) groups excluding carboxylic acids is 1. The van der Waals surface area contributed by atoms with Crippen LogP contribution in [0, 0.1) is 13.8 Å². The number of para-hydroxylation sites is 1. The van der Waals surface area contributed by atoms with E-state index in [1.807, 2.05) is 26.0 Å². The van der Waals surface area contributed by atoms with Crippen LogP contribution in [0.15, 0.2) is 36.0 Å². The molecule has 0 aliphatic heterocycles. The van der Waals surface area contributed by atoms with Gasteiger partial charge in [-0.25, -0.2) is 5.43 Å². The standard InChI is InChI=1S/C18H22N4O2/c1-4-6-14-7-5-8-15(18(14)24)11-19-22-17(23)10-9-16-12(2)20-21-13(16)3/h4-5,7-8,11,24H,1,6,9-10H2,2-3H3,(H,20,21)(H,22,23)/b19-11-. The van der Waals surface area contributed by atoms with Gasteiger partial charge in [-0.15, -0.1) is 6.58 Å². The molecule has 1 heterocycles. The number of phenolic OH excluding ortho intramolecular Hbond substituents is 1. The average Bonchev–Trinajstić information content (AvgIpc) is 2.87. The highest BCUT2D eigenvalue weighted by Gasteiger charge is 2.09. The fourth-order valence-corrected chi connectivity index (χ4v) is 2.45. The summed E-state index contributed by atoms with van der Waals surface area (Å²) in [6.07, 6.45) is 4.66. The third kappa shape index (κ3) is 4.32. The number of aromatic amines is 1. The summed E-state index contributed by atoms with van der Waals surface area (Å²) in [6.45, 7) is 7.50. The molecule has 3 N–H and O–H groups in total. The lowest BCUT2D eigenvalue weighted by Gasteiger charge is -2.05. The Labute approximate surface area is 141 Å². The molecular formula is C18H22N4O2. The van der Waals surface area contributed by atoms with Crippen LogP contribution in [0.5, 0.6) is 5.75 Å². The number of hydrogen-bond donors (Lipinski definition) is 3. The van der Waals surface area contributed by atoms with Gasteiger partial charge < -0.3 is 5.11 Å². The zero-order valence-corrected chi connectivity index (χ0v) is 14.0. The van der Waals surface area contributed by atoms with Gasteiger partial charge in [0.2, 0.25) is 5.91 Å². The van der Waals surface area contributed by atoms with Crippen molar-refractivity contribution in [2.45, 2.75) is 33.1 Å². The summed E-state index contributed by atoms with van der Waals surface area (Å²) in [6, 6.07) is 5.38. The van der Waals surface area contributed by atoms with Crippen LogP contribution in [0.1, 0.15) is 34.5 Å². The molecule has 2 rings (SSSR count). The van der Waals surface area contributed by atoms with Crippen molar-refractivity contribution in [1.29, 1.82) is 0 Å². The van der Waals surface area contributed by atoms with Crippen molar-refractivity contribution in [1.82, 2.24) is 15.6 Å². The van der Waals surface area contributed by atoms with Gasteiger partial charge in [0.15, 0.2) is 0 Å². The number of aromatic hydroxyl groups is 1. The maximum atomic E-state index is 11.9. The van der Waals surface area contributed by atoms with Crippen LogP contribution < -0.4 is 5.43 Å². The van der Waals surface area contributed by atoms with E-state index in [1.165, 1.54) is 6.21 Å². The predicted octanol–water partition coefficient (Wildman–Crippen LogP) is 2.54. The lowest BCUT2D eigenvalue weighted by molar-refractivity contribution is -0.121. The van der Waals surface area contributed by atoms with E-state index in [-0.39, 0.29) is 11.7 Å². The monoisotopic (exact) mass is 326 g/mol. The first-order valence-corrected chi connectivity index (χ1v) is 7.77.